The van der Waals surface area contributed by atoms with Crippen LogP contribution in [0.3, 0.4) is 0 Å². The van der Waals surface area contributed by atoms with Crippen LogP contribution in [0, 0.1) is 6.92 Å². The van der Waals surface area contributed by atoms with E-state index in [1.165, 1.54) is 0 Å². The Kier molecular flexibility index (Phi) is 3.72. The molecule has 2 aliphatic carbocycles. The van der Waals surface area contributed by atoms with Crippen molar-refractivity contribution in [2.24, 2.45) is 0 Å². The number of piperidine rings is 1. The van der Waals surface area contributed by atoms with Gasteiger partial charge in [-0.25, -0.2) is 9.18 Å². The number of hydrogen-bond acceptors (Lipinski definition) is 4. The van der Waals surface area contributed by atoms with Gasteiger partial charge in [0.1, 0.15) is 12.2 Å². The molecule has 0 aromatic heterocycles. The van der Waals surface area contributed by atoms with Crippen molar-refractivity contribution in [2.45, 2.75) is 61.6 Å². The van der Waals surface area contributed by atoms with E-state index in [0.717, 1.165) is 16.7 Å². The molecule has 0 unspecified atom stereocenters. The number of carbonyl (C=O) groups is 2. The monoisotopic (exact) mass is 387 g/mol. The number of nitrogens with one attached hydrogen (secondary N) is 2. The highest BCUT2D eigenvalue weighted by atomic mass is 19.1. The third kappa shape index (κ3) is 2.14. The van der Waals surface area contributed by atoms with Crippen molar-refractivity contribution < 1.29 is 19.1 Å². The van der Waals surface area contributed by atoms with Crippen LogP contribution in [0.5, 0.6) is 0 Å². The zero-order chi connectivity index (χ0) is 19.7. The van der Waals surface area contributed by atoms with Gasteiger partial charge in [0.15, 0.2) is 0 Å². The number of nitrogens with zero attached hydrogens (tertiary/aromatic N) is 1. The molecule has 7 heteroatoms. The molecule has 3 N–H and O–H groups in total. The average molecular weight is 387 g/mol. The van der Waals surface area contributed by atoms with Crippen LogP contribution in [-0.2, 0) is 16.6 Å². The summed E-state index contributed by atoms with van der Waals surface area (Å²) in [6.07, 6.45) is 2.50. The summed E-state index contributed by atoms with van der Waals surface area (Å²) in [5.41, 5.74) is 0.718. The maximum Gasteiger partial charge on any atom is 0.322 e. The number of halogens is 1. The lowest BCUT2D eigenvalue weighted by Gasteiger charge is -2.65. The Hall–Kier alpha value is -1.99. The zero-order valence-corrected chi connectivity index (χ0v) is 16.1. The van der Waals surface area contributed by atoms with Crippen molar-refractivity contribution in [3.05, 3.63) is 34.9 Å². The number of benzene rings is 1. The summed E-state index contributed by atoms with van der Waals surface area (Å²) in [5.74, 6) is -0.295. The largest absolute Gasteiger partial charge is 0.387 e. The summed E-state index contributed by atoms with van der Waals surface area (Å²) < 4.78 is 13.2. The number of hydrogen-bond donors (Lipinski definition) is 3. The minimum Gasteiger partial charge on any atom is -0.387 e. The average Bonchev–Trinajstić information content (AvgIpc) is 2.92. The molecule has 4 aliphatic rings. The SMILES string of the molecule is Cc1ccc2c(c1)[C@]13CCN(CCF)[C@H](C2)[C@]1(O)CC[C@@]1(C3)NC(=O)NC1=O. The molecule has 1 spiro atoms. The highest BCUT2D eigenvalue weighted by Crippen LogP contribution is 2.60. The fourth-order valence-electron chi connectivity index (χ4n) is 6.47. The maximum absolute atomic E-state index is 13.2. The molecule has 4 atom stereocenters. The first-order chi connectivity index (χ1) is 13.3. The fourth-order valence-corrected chi connectivity index (χ4v) is 6.47. The molecule has 2 aliphatic heterocycles. The summed E-state index contributed by atoms with van der Waals surface area (Å²) >= 11 is 0. The van der Waals surface area contributed by atoms with Gasteiger partial charge < -0.3 is 10.4 Å². The molecule has 1 aromatic rings. The van der Waals surface area contributed by atoms with Crippen molar-refractivity contribution in [2.75, 3.05) is 19.8 Å². The first-order valence-electron chi connectivity index (χ1n) is 10.1. The van der Waals surface area contributed by atoms with E-state index >= 15 is 0 Å². The number of carbonyl (C=O) groups excluding carboxylic acids is 2. The van der Waals surface area contributed by atoms with Gasteiger partial charge in [0, 0.05) is 18.0 Å². The van der Waals surface area contributed by atoms with Crippen molar-refractivity contribution >= 4 is 11.9 Å². The number of fused-ring (bicyclic) bond motifs is 1. The van der Waals surface area contributed by atoms with Crippen molar-refractivity contribution in [3.63, 3.8) is 0 Å². The molecule has 1 saturated carbocycles. The quantitative estimate of drug-likeness (QED) is 0.669. The molecule has 2 saturated heterocycles. The number of urea groups is 1. The van der Waals surface area contributed by atoms with Gasteiger partial charge in [-0.15, -0.1) is 0 Å². The molecule has 2 heterocycles. The van der Waals surface area contributed by atoms with Gasteiger partial charge in [0.2, 0.25) is 0 Å². The van der Waals surface area contributed by atoms with Crippen LogP contribution in [0.15, 0.2) is 18.2 Å². The van der Waals surface area contributed by atoms with Gasteiger partial charge in [-0.1, -0.05) is 23.8 Å². The van der Waals surface area contributed by atoms with Gasteiger partial charge >= 0.3 is 6.03 Å². The Morgan fingerprint density at radius 1 is 1.29 bits per heavy atom. The molecule has 1 aromatic carbocycles. The smallest absolute Gasteiger partial charge is 0.322 e. The predicted octanol–water partition coefficient (Wildman–Crippen LogP) is 1.33. The number of alkyl halides is 1. The topological polar surface area (TPSA) is 81.7 Å². The van der Waals surface area contributed by atoms with Gasteiger partial charge in [0.05, 0.1) is 5.60 Å². The number of rotatable bonds is 2. The lowest BCUT2D eigenvalue weighted by Crippen LogP contribution is -2.76. The van der Waals surface area contributed by atoms with Crippen molar-refractivity contribution in [1.29, 1.82) is 0 Å². The van der Waals surface area contributed by atoms with Crippen LogP contribution in [-0.4, -0.2) is 58.9 Å². The fraction of sp³-hybridized carbons (Fsp3) is 0.619. The molecule has 0 radical (unpaired) electrons. The van der Waals surface area contributed by atoms with Crippen LogP contribution in [0.4, 0.5) is 9.18 Å². The van der Waals surface area contributed by atoms with E-state index in [2.05, 4.69) is 33.7 Å². The summed E-state index contributed by atoms with van der Waals surface area (Å²) in [6, 6.07) is 5.67. The first-order valence-corrected chi connectivity index (χ1v) is 10.1. The van der Waals surface area contributed by atoms with E-state index in [1.807, 2.05) is 6.92 Å². The van der Waals surface area contributed by atoms with E-state index in [4.69, 9.17) is 0 Å². The minimum atomic E-state index is -1.04. The summed E-state index contributed by atoms with van der Waals surface area (Å²) in [6.45, 7) is 2.58. The van der Waals surface area contributed by atoms with E-state index in [9.17, 15) is 19.1 Å². The standard InChI is InChI=1S/C21H26FN3O3/c1-13-2-3-14-11-16-21(28)5-4-20(17(26)23-18(27)24-20)12-19(21,15(14)10-13)6-8-25(16)9-7-22/h2-3,10,16,28H,4-9,11-12H2,1H3,(H2,23,24,26,27)/t16-,19-,20+,21-/m1/s1. The van der Waals surface area contributed by atoms with Crippen LogP contribution in [0.25, 0.3) is 0 Å². The third-order valence-electron chi connectivity index (χ3n) is 7.76. The Balaban J connectivity index is 1.68. The molecule has 3 amide bonds. The minimum absolute atomic E-state index is 0.176. The number of aliphatic hydroxyl groups is 1. The summed E-state index contributed by atoms with van der Waals surface area (Å²) in [5, 5.41) is 17.3. The van der Waals surface area contributed by atoms with Gasteiger partial charge in [-0.3, -0.25) is 15.0 Å². The second-order valence-corrected chi connectivity index (χ2v) is 9.03. The second-order valence-electron chi connectivity index (χ2n) is 9.03. The molecule has 3 fully saturated rings. The van der Waals surface area contributed by atoms with E-state index < -0.39 is 29.3 Å². The molecule has 28 heavy (non-hydrogen) atoms. The van der Waals surface area contributed by atoms with E-state index in [-0.39, 0.29) is 11.9 Å². The number of likely N-dealkylation sites (tertiary alicyclic amines) is 1. The highest BCUT2D eigenvalue weighted by molar-refractivity contribution is 6.07. The molecule has 2 bridgehead atoms. The Labute approximate surface area is 163 Å². The lowest BCUT2D eigenvalue weighted by molar-refractivity contribution is -0.180. The van der Waals surface area contributed by atoms with Crippen molar-refractivity contribution in [3.8, 4) is 0 Å². The van der Waals surface area contributed by atoms with Crippen LogP contribution in [0.1, 0.15) is 42.4 Å². The number of amides is 3. The maximum atomic E-state index is 13.2. The summed E-state index contributed by atoms with van der Waals surface area (Å²) in [7, 11) is 0. The lowest BCUT2D eigenvalue weighted by atomic mass is 9.46. The molecule has 5 rings (SSSR count). The Morgan fingerprint density at radius 2 is 2.11 bits per heavy atom. The normalized spacial score (nSPS) is 39.3. The number of imide groups is 1. The second kappa shape index (κ2) is 5.76. The predicted molar refractivity (Wildman–Crippen MR) is 101 cm³/mol. The first kappa shape index (κ1) is 18.1. The highest BCUT2D eigenvalue weighted by Gasteiger charge is 2.69. The zero-order valence-electron chi connectivity index (χ0n) is 16.1. The Bertz CT molecular complexity index is 876. The van der Waals surface area contributed by atoms with Crippen LogP contribution >= 0.6 is 0 Å². The molecular weight excluding hydrogens is 361 g/mol. The van der Waals surface area contributed by atoms with Gasteiger partial charge in [-0.2, -0.15) is 0 Å². The van der Waals surface area contributed by atoms with Crippen molar-refractivity contribution in [1.82, 2.24) is 15.5 Å². The van der Waals surface area contributed by atoms with Gasteiger partial charge in [-0.05, 0) is 56.7 Å². The van der Waals surface area contributed by atoms with E-state index in [1.54, 1.807) is 0 Å². The molecular formula is C21H26FN3O3. The molecule has 6 nitrogen and oxygen atoms in total. The van der Waals surface area contributed by atoms with Gasteiger partial charge in [0.25, 0.3) is 5.91 Å². The van der Waals surface area contributed by atoms with E-state index in [0.29, 0.717) is 45.2 Å². The molecule has 150 valence electrons. The third-order valence-corrected chi connectivity index (χ3v) is 7.76. The van der Waals surface area contributed by atoms with Crippen LogP contribution in [0.2, 0.25) is 0 Å². The van der Waals surface area contributed by atoms with Crippen LogP contribution < -0.4 is 10.6 Å². The Morgan fingerprint density at radius 3 is 2.82 bits per heavy atom. The number of aryl methyl sites for hydroxylation is 1. The summed E-state index contributed by atoms with van der Waals surface area (Å²) in [4.78, 5) is 26.7.